The Labute approximate surface area is 151 Å². The standard InChI is InChI=1S/C20H29N3OSi/c1-15-21-22-19-17(11-9-13-24-25(5,6)20(2,3)4)14-16-10-7-8-12-18(16)23(15)19/h7-8,10,12,14H,9,11,13H2,1-6H3. The van der Waals surface area contributed by atoms with E-state index in [0.29, 0.717) is 0 Å². The summed E-state index contributed by atoms with van der Waals surface area (Å²) in [5.41, 5.74) is 3.39. The fourth-order valence-electron chi connectivity index (χ4n) is 2.91. The molecule has 2 heterocycles. The van der Waals surface area contributed by atoms with Crippen LogP contribution in [0.4, 0.5) is 0 Å². The van der Waals surface area contributed by atoms with Crippen molar-refractivity contribution >= 4 is 24.9 Å². The number of rotatable bonds is 5. The minimum absolute atomic E-state index is 0.257. The molecule has 0 spiro atoms. The van der Waals surface area contributed by atoms with Crippen LogP contribution in [0.1, 0.15) is 38.6 Å². The zero-order valence-electron chi connectivity index (χ0n) is 16.3. The van der Waals surface area contributed by atoms with Crippen LogP contribution in [0.15, 0.2) is 30.3 Å². The Morgan fingerprint density at radius 3 is 2.56 bits per heavy atom. The predicted molar refractivity (Wildman–Crippen MR) is 107 cm³/mol. The Bertz CT molecular complexity index is 893. The molecule has 0 fully saturated rings. The van der Waals surface area contributed by atoms with Crippen molar-refractivity contribution in [2.75, 3.05) is 6.61 Å². The van der Waals surface area contributed by atoms with Gasteiger partial charge in [-0.2, -0.15) is 0 Å². The van der Waals surface area contributed by atoms with Gasteiger partial charge in [-0.3, -0.25) is 4.40 Å². The number of fused-ring (bicyclic) bond motifs is 3. The van der Waals surface area contributed by atoms with E-state index in [4.69, 9.17) is 4.43 Å². The minimum atomic E-state index is -1.67. The summed E-state index contributed by atoms with van der Waals surface area (Å²) in [7, 11) is -1.67. The number of aryl methyl sites for hydroxylation is 2. The summed E-state index contributed by atoms with van der Waals surface area (Å²) in [6.07, 6.45) is 1.97. The number of pyridine rings is 1. The third-order valence-electron chi connectivity index (χ3n) is 5.48. The van der Waals surface area contributed by atoms with Gasteiger partial charge in [-0.1, -0.05) is 39.0 Å². The Hall–Kier alpha value is -1.72. The van der Waals surface area contributed by atoms with Gasteiger partial charge in [-0.15, -0.1) is 10.2 Å². The van der Waals surface area contributed by atoms with Crippen molar-refractivity contribution < 1.29 is 4.43 Å². The fourth-order valence-corrected chi connectivity index (χ4v) is 4.00. The first-order valence-electron chi connectivity index (χ1n) is 9.07. The molecule has 134 valence electrons. The molecule has 2 aromatic heterocycles. The van der Waals surface area contributed by atoms with Gasteiger partial charge in [0.2, 0.25) is 0 Å². The van der Waals surface area contributed by atoms with Crippen LogP contribution in [-0.4, -0.2) is 29.5 Å². The Morgan fingerprint density at radius 1 is 1.12 bits per heavy atom. The van der Waals surface area contributed by atoms with Crippen LogP contribution in [-0.2, 0) is 10.8 Å². The monoisotopic (exact) mass is 355 g/mol. The lowest BCUT2D eigenvalue weighted by molar-refractivity contribution is 0.282. The highest BCUT2D eigenvalue weighted by molar-refractivity contribution is 6.74. The third kappa shape index (κ3) is 3.48. The second kappa shape index (κ2) is 6.54. The van der Waals surface area contributed by atoms with Crippen LogP contribution in [0, 0.1) is 6.92 Å². The van der Waals surface area contributed by atoms with E-state index in [9.17, 15) is 0 Å². The van der Waals surface area contributed by atoms with Gasteiger partial charge >= 0.3 is 0 Å². The molecule has 1 aromatic carbocycles. The summed E-state index contributed by atoms with van der Waals surface area (Å²) in [4.78, 5) is 0. The van der Waals surface area contributed by atoms with Gasteiger partial charge in [0.25, 0.3) is 0 Å². The maximum Gasteiger partial charge on any atom is 0.191 e. The topological polar surface area (TPSA) is 39.4 Å². The number of hydrogen-bond acceptors (Lipinski definition) is 3. The van der Waals surface area contributed by atoms with Crippen LogP contribution in [0.5, 0.6) is 0 Å². The molecule has 0 amide bonds. The van der Waals surface area contributed by atoms with E-state index in [1.54, 1.807) is 0 Å². The second-order valence-electron chi connectivity index (χ2n) is 8.35. The van der Waals surface area contributed by atoms with Crippen molar-refractivity contribution in [2.45, 2.75) is 58.7 Å². The highest BCUT2D eigenvalue weighted by atomic mass is 28.4. The van der Waals surface area contributed by atoms with Crippen LogP contribution in [0.3, 0.4) is 0 Å². The summed E-state index contributed by atoms with van der Waals surface area (Å²) >= 11 is 0. The zero-order valence-corrected chi connectivity index (χ0v) is 17.3. The highest BCUT2D eigenvalue weighted by Gasteiger charge is 2.36. The molecule has 0 aliphatic rings. The molecule has 0 saturated heterocycles. The fraction of sp³-hybridized carbons (Fsp3) is 0.500. The average molecular weight is 356 g/mol. The second-order valence-corrected chi connectivity index (χ2v) is 13.2. The van der Waals surface area contributed by atoms with Crippen molar-refractivity contribution in [1.82, 2.24) is 14.6 Å². The van der Waals surface area contributed by atoms with Crippen molar-refractivity contribution in [3.05, 3.63) is 41.7 Å². The normalized spacial score (nSPS) is 13.0. The van der Waals surface area contributed by atoms with Crippen LogP contribution < -0.4 is 0 Å². The lowest BCUT2D eigenvalue weighted by Gasteiger charge is -2.36. The molecular weight excluding hydrogens is 326 g/mol. The Balaban J connectivity index is 1.80. The number of para-hydroxylation sites is 1. The molecule has 0 N–H and O–H groups in total. The molecule has 0 radical (unpaired) electrons. The van der Waals surface area contributed by atoms with Crippen molar-refractivity contribution in [1.29, 1.82) is 0 Å². The van der Waals surface area contributed by atoms with E-state index in [-0.39, 0.29) is 5.04 Å². The van der Waals surface area contributed by atoms with Crippen LogP contribution >= 0.6 is 0 Å². The summed E-state index contributed by atoms with van der Waals surface area (Å²) in [6, 6.07) is 10.7. The molecule has 3 rings (SSSR count). The van der Waals surface area contributed by atoms with Gasteiger partial charge in [0.05, 0.1) is 5.52 Å². The lowest BCUT2D eigenvalue weighted by atomic mass is 10.1. The largest absolute Gasteiger partial charge is 0.417 e. The summed E-state index contributed by atoms with van der Waals surface area (Å²) in [6.45, 7) is 14.3. The molecule has 0 atom stereocenters. The van der Waals surface area contributed by atoms with E-state index in [1.807, 2.05) is 6.92 Å². The number of aromatic nitrogens is 3. The van der Waals surface area contributed by atoms with E-state index < -0.39 is 8.32 Å². The minimum Gasteiger partial charge on any atom is -0.417 e. The molecule has 0 aliphatic heterocycles. The van der Waals surface area contributed by atoms with Crippen molar-refractivity contribution in [3.63, 3.8) is 0 Å². The lowest BCUT2D eigenvalue weighted by Crippen LogP contribution is -2.41. The number of benzene rings is 1. The van der Waals surface area contributed by atoms with Gasteiger partial charge in [-0.05, 0) is 61.0 Å². The van der Waals surface area contributed by atoms with E-state index in [0.717, 1.165) is 30.9 Å². The van der Waals surface area contributed by atoms with Gasteiger partial charge in [0.1, 0.15) is 5.82 Å². The summed E-state index contributed by atoms with van der Waals surface area (Å²) in [5, 5.41) is 10.2. The van der Waals surface area contributed by atoms with E-state index >= 15 is 0 Å². The number of hydrogen-bond donors (Lipinski definition) is 0. The summed E-state index contributed by atoms with van der Waals surface area (Å²) < 4.78 is 8.48. The Morgan fingerprint density at radius 2 is 1.84 bits per heavy atom. The predicted octanol–water partition coefficient (Wildman–Crippen LogP) is 5.15. The molecule has 4 nitrogen and oxygen atoms in total. The smallest absolute Gasteiger partial charge is 0.191 e. The molecule has 0 bridgehead atoms. The van der Waals surface area contributed by atoms with Gasteiger partial charge < -0.3 is 4.43 Å². The maximum atomic E-state index is 6.32. The van der Waals surface area contributed by atoms with E-state index in [1.165, 1.54) is 16.5 Å². The third-order valence-corrected chi connectivity index (χ3v) is 10.0. The maximum absolute atomic E-state index is 6.32. The molecular formula is C20H29N3OSi. The SMILES string of the molecule is Cc1nnc2c(CCCO[Si](C)(C)C(C)(C)C)cc3ccccc3n12. The molecule has 0 saturated carbocycles. The molecule has 25 heavy (non-hydrogen) atoms. The average Bonchev–Trinajstić information content (AvgIpc) is 2.93. The quantitative estimate of drug-likeness (QED) is 0.469. The van der Waals surface area contributed by atoms with Crippen LogP contribution in [0.25, 0.3) is 16.6 Å². The first-order chi connectivity index (χ1) is 11.7. The van der Waals surface area contributed by atoms with Gasteiger partial charge in [-0.25, -0.2) is 0 Å². The van der Waals surface area contributed by atoms with Gasteiger partial charge in [0.15, 0.2) is 14.0 Å². The van der Waals surface area contributed by atoms with Crippen molar-refractivity contribution in [3.8, 4) is 0 Å². The van der Waals surface area contributed by atoms with Gasteiger partial charge in [0, 0.05) is 6.61 Å². The van der Waals surface area contributed by atoms with Crippen molar-refractivity contribution in [2.24, 2.45) is 0 Å². The first kappa shape index (κ1) is 18.1. The molecule has 5 heteroatoms. The van der Waals surface area contributed by atoms with Crippen LogP contribution in [0.2, 0.25) is 18.1 Å². The molecule has 0 unspecified atom stereocenters. The molecule has 3 aromatic rings. The number of nitrogens with zero attached hydrogens (tertiary/aromatic N) is 3. The first-order valence-corrected chi connectivity index (χ1v) is 12.0. The summed E-state index contributed by atoms with van der Waals surface area (Å²) in [5.74, 6) is 0.936. The highest BCUT2D eigenvalue weighted by Crippen LogP contribution is 2.36. The molecule has 0 aliphatic carbocycles. The Kier molecular flexibility index (Phi) is 4.73. The van der Waals surface area contributed by atoms with E-state index in [2.05, 4.69) is 78.8 Å². The zero-order chi connectivity index (χ0) is 18.2.